The van der Waals surface area contributed by atoms with E-state index in [1.54, 1.807) is 34.9 Å². The maximum absolute atomic E-state index is 14.0. The Morgan fingerprint density at radius 3 is 2.95 bits per heavy atom. The minimum Gasteiger partial charge on any atom is -0.281 e. The topological polar surface area (TPSA) is 61.2 Å². The highest BCUT2D eigenvalue weighted by atomic mass is 32.2. The predicted octanol–water partition coefficient (Wildman–Crippen LogP) is 1.62. The Morgan fingerprint density at radius 2 is 2.30 bits per heavy atom. The molecule has 1 saturated heterocycles. The SMILES string of the molecule is CS(=O)(=O)C1CSCCN1Cc1cccc(C#N)c1F. The molecule has 0 amide bonds. The molecular formula is C13H15FN2O2S2. The quantitative estimate of drug-likeness (QED) is 0.848. The molecule has 1 aliphatic rings. The number of halogens is 1. The van der Waals surface area contributed by atoms with Gasteiger partial charge in [-0.25, -0.2) is 12.8 Å². The third-order valence-corrected chi connectivity index (χ3v) is 5.94. The zero-order valence-electron chi connectivity index (χ0n) is 11.0. The van der Waals surface area contributed by atoms with Gasteiger partial charge in [0.05, 0.1) is 5.56 Å². The molecular weight excluding hydrogens is 299 g/mol. The summed E-state index contributed by atoms with van der Waals surface area (Å²) in [5.74, 6) is 0.768. The van der Waals surface area contributed by atoms with Crippen molar-refractivity contribution in [1.29, 1.82) is 5.26 Å². The molecule has 1 atom stereocenters. The first-order valence-corrected chi connectivity index (χ1v) is 9.22. The largest absolute Gasteiger partial charge is 0.281 e. The molecule has 0 radical (unpaired) electrons. The molecule has 0 bridgehead atoms. The van der Waals surface area contributed by atoms with Gasteiger partial charge in [0.2, 0.25) is 0 Å². The molecule has 1 heterocycles. The third-order valence-electron chi connectivity index (χ3n) is 3.26. The molecule has 1 unspecified atom stereocenters. The second kappa shape index (κ2) is 6.12. The average Bonchev–Trinajstić information content (AvgIpc) is 2.40. The molecule has 108 valence electrons. The van der Waals surface area contributed by atoms with Crippen LogP contribution < -0.4 is 0 Å². The van der Waals surface area contributed by atoms with Crippen molar-refractivity contribution >= 4 is 21.6 Å². The smallest absolute Gasteiger partial charge is 0.164 e. The van der Waals surface area contributed by atoms with Crippen LogP contribution in [0.2, 0.25) is 0 Å². The molecule has 1 aliphatic heterocycles. The molecule has 0 aromatic heterocycles. The molecule has 2 rings (SSSR count). The highest BCUT2D eigenvalue weighted by molar-refractivity contribution is 8.00. The Balaban J connectivity index is 2.26. The maximum atomic E-state index is 14.0. The second-order valence-electron chi connectivity index (χ2n) is 4.72. The maximum Gasteiger partial charge on any atom is 0.164 e. The van der Waals surface area contributed by atoms with Crippen molar-refractivity contribution in [3.63, 3.8) is 0 Å². The van der Waals surface area contributed by atoms with Gasteiger partial charge >= 0.3 is 0 Å². The van der Waals surface area contributed by atoms with E-state index in [1.165, 1.54) is 12.3 Å². The number of thioether (sulfide) groups is 1. The molecule has 1 aromatic carbocycles. The number of rotatable bonds is 3. The summed E-state index contributed by atoms with van der Waals surface area (Å²) in [6.07, 6.45) is 1.21. The summed E-state index contributed by atoms with van der Waals surface area (Å²) >= 11 is 1.59. The highest BCUT2D eigenvalue weighted by Crippen LogP contribution is 2.23. The van der Waals surface area contributed by atoms with Crippen molar-refractivity contribution in [1.82, 2.24) is 4.90 Å². The minimum atomic E-state index is -3.21. The van der Waals surface area contributed by atoms with Crippen LogP contribution in [0.5, 0.6) is 0 Å². The van der Waals surface area contributed by atoms with Crippen molar-refractivity contribution in [3.05, 3.63) is 35.1 Å². The zero-order chi connectivity index (χ0) is 14.8. The summed E-state index contributed by atoms with van der Waals surface area (Å²) in [5.41, 5.74) is 0.356. The van der Waals surface area contributed by atoms with Gasteiger partial charge in [-0.2, -0.15) is 17.0 Å². The van der Waals surface area contributed by atoms with Gasteiger partial charge < -0.3 is 0 Å². The Morgan fingerprint density at radius 1 is 1.55 bits per heavy atom. The van der Waals surface area contributed by atoms with E-state index in [0.717, 1.165) is 5.75 Å². The molecule has 0 saturated carbocycles. The zero-order valence-corrected chi connectivity index (χ0v) is 12.7. The van der Waals surface area contributed by atoms with Gasteiger partial charge in [-0.15, -0.1) is 0 Å². The lowest BCUT2D eigenvalue weighted by atomic mass is 10.1. The van der Waals surface area contributed by atoms with E-state index in [-0.39, 0.29) is 12.1 Å². The molecule has 0 spiro atoms. The van der Waals surface area contributed by atoms with E-state index in [0.29, 0.717) is 17.9 Å². The van der Waals surface area contributed by atoms with Gasteiger partial charge in [0.15, 0.2) is 9.84 Å². The fourth-order valence-corrected chi connectivity index (χ4v) is 5.14. The fraction of sp³-hybridized carbons (Fsp3) is 0.462. The van der Waals surface area contributed by atoms with Crippen LogP contribution in [-0.4, -0.2) is 43.0 Å². The Hall–Kier alpha value is -1.10. The van der Waals surface area contributed by atoms with Crippen LogP contribution >= 0.6 is 11.8 Å². The van der Waals surface area contributed by atoms with Crippen molar-refractivity contribution in [3.8, 4) is 6.07 Å². The lowest BCUT2D eigenvalue weighted by molar-refractivity contribution is 0.258. The van der Waals surface area contributed by atoms with Crippen molar-refractivity contribution in [2.24, 2.45) is 0 Å². The van der Waals surface area contributed by atoms with Crippen LogP contribution in [0, 0.1) is 17.1 Å². The fourth-order valence-electron chi connectivity index (χ4n) is 2.20. The van der Waals surface area contributed by atoms with Crippen LogP contribution in [0.15, 0.2) is 18.2 Å². The summed E-state index contributed by atoms with van der Waals surface area (Å²) in [4.78, 5) is 1.77. The predicted molar refractivity (Wildman–Crippen MR) is 77.5 cm³/mol. The monoisotopic (exact) mass is 314 g/mol. The minimum absolute atomic E-state index is 0.00945. The van der Waals surface area contributed by atoms with Crippen LogP contribution in [0.3, 0.4) is 0 Å². The van der Waals surface area contributed by atoms with E-state index < -0.39 is 21.0 Å². The molecule has 0 N–H and O–H groups in total. The van der Waals surface area contributed by atoms with Gasteiger partial charge in [-0.3, -0.25) is 4.90 Å². The summed E-state index contributed by atoms with van der Waals surface area (Å²) in [5, 5.41) is 8.24. The first-order valence-electron chi connectivity index (χ1n) is 6.11. The van der Waals surface area contributed by atoms with Gasteiger partial charge in [0.25, 0.3) is 0 Å². The van der Waals surface area contributed by atoms with Crippen LogP contribution in [0.25, 0.3) is 0 Å². The highest BCUT2D eigenvalue weighted by Gasteiger charge is 2.31. The summed E-state index contributed by atoms with van der Waals surface area (Å²) in [6, 6.07) is 6.42. The van der Waals surface area contributed by atoms with Crippen LogP contribution in [-0.2, 0) is 16.4 Å². The Labute approximate surface area is 122 Å². The van der Waals surface area contributed by atoms with Gasteiger partial charge in [-0.1, -0.05) is 12.1 Å². The lowest BCUT2D eigenvalue weighted by Crippen LogP contribution is -2.46. The van der Waals surface area contributed by atoms with Gasteiger partial charge in [0, 0.05) is 36.4 Å². The van der Waals surface area contributed by atoms with E-state index >= 15 is 0 Å². The lowest BCUT2D eigenvalue weighted by Gasteiger charge is -2.34. The second-order valence-corrected chi connectivity index (χ2v) is 8.07. The number of hydrogen-bond acceptors (Lipinski definition) is 5. The molecule has 4 nitrogen and oxygen atoms in total. The Bertz CT molecular complexity index is 640. The average molecular weight is 314 g/mol. The number of nitrogens with zero attached hydrogens (tertiary/aromatic N) is 2. The molecule has 1 fully saturated rings. The van der Waals surface area contributed by atoms with Crippen molar-refractivity contribution in [2.45, 2.75) is 11.9 Å². The first kappa shape index (κ1) is 15.3. The van der Waals surface area contributed by atoms with Crippen molar-refractivity contribution < 1.29 is 12.8 Å². The van der Waals surface area contributed by atoms with Gasteiger partial charge in [-0.05, 0) is 6.07 Å². The van der Waals surface area contributed by atoms with E-state index in [4.69, 9.17) is 5.26 Å². The molecule has 7 heteroatoms. The van der Waals surface area contributed by atoms with E-state index in [9.17, 15) is 12.8 Å². The van der Waals surface area contributed by atoms with E-state index in [2.05, 4.69) is 0 Å². The summed E-state index contributed by atoms with van der Waals surface area (Å²) < 4.78 is 37.6. The normalized spacial score (nSPS) is 20.6. The third kappa shape index (κ3) is 3.32. The van der Waals surface area contributed by atoms with Crippen LogP contribution in [0.1, 0.15) is 11.1 Å². The van der Waals surface area contributed by atoms with Crippen molar-refractivity contribution in [2.75, 3.05) is 24.3 Å². The molecule has 0 aliphatic carbocycles. The number of benzene rings is 1. The summed E-state index contributed by atoms with van der Waals surface area (Å²) in [7, 11) is -3.21. The standard InChI is InChI=1S/C13H15FN2O2S2/c1-20(17,18)12-9-19-6-5-16(12)8-11-4-2-3-10(7-15)13(11)14/h2-4,12H,5-6,8-9H2,1H3. The first-order chi connectivity index (χ1) is 9.43. The molecule has 20 heavy (non-hydrogen) atoms. The van der Waals surface area contributed by atoms with Crippen LogP contribution in [0.4, 0.5) is 4.39 Å². The van der Waals surface area contributed by atoms with Gasteiger partial charge in [0.1, 0.15) is 17.3 Å². The Kier molecular flexibility index (Phi) is 4.68. The number of sulfone groups is 1. The number of hydrogen-bond donors (Lipinski definition) is 0. The summed E-state index contributed by atoms with van der Waals surface area (Å²) in [6.45, 7) is 0.804. The number of nitriles is 1. The van der Waals surface area contributed by atoms with E-state index in [1.807, 2.05) is 0 Å². The molecule has 1 aromatic rings.